The van der Waals surface area contributed by atoms with E-state index in [4.69, 9.17) is 5.73 Å². The molecule has 7 nitrogen and oxygen atoms in total. The van der Waals surface area contributed by atoms with Gasteiger partial charge in [0.1, 0.15) is 5.69 Å². The van der Waals surface area contributed by atoms with Crippen molar-refractivity contribution >= 4 is 11.5 Å². The molecule has 112 valence electrons. The average Bonchev–Trinajstić information content (AvgIpc) is 2.93. The summed E-state index contributed by atoms with van der Waals surface area (Å²) in [6, 6.07) is 0.114. The lowest BCUT2D eigenvalue weighted by molar-refractivity contribution is -0.384. The van der Waals surface area contributed by atoms with Gasteiger partial charge in [-0.25, -0.2) is 4.68 Å². The van der Waals surface area contributed by atoms with E-state index in [-0.39, 0.29) is 16.7 Å². The Bertz CT molecular complexity index is 497. The van der Waals surface area contributed by atoms with E-state index < -0.39 is 0 Å². The van der Waals surface area contributed by atoms with Crippen molar-refractivity contribution in [1.82, 2.24) is 9.78 Å². The van der Waals surface area contributed by atoms with E-state index in [0.29, 0.717) is 24.0 Å². The number of nitrogens with zero attached hydrogens (tertiary/aromatic N) is 4. The van der Waals surface area contributed by atoms with Gasteiger partial charge in [-0.2, -0.15) is 5.10 Å². The van der Waals surface area contributed by atoms with Gasteiger partial charge in [-0.1, -0.05) is 6.92 Å². The molecule has 0 spiro atoms. The van der Waals surface area contributed by atoms with Gasteiger partial charge in [-0.05, 0) is 32.6 Å². The Hall–Kier alpha value is -1.63. The van der Waals surface area contributed by atoms with Crippen molar-refractivity contribution in [2.75, 3.05) is 18.0 Å². The first kappa shape index (κ1) is 14.8. The van der Waals surface area contributed by atoms with Crippen molar-refractivity contribution in [3.05, 3.63) is 15.8 Å². The highest BCUT2D eigenvalue weighted by atomic mass is 16.6. The van der Waals surface area contributed by atoms with Crippen LogP contribution < -0.4 is 10.6 Å². The summed E-state index contributed by atoms with van der Waals surface area (Å²) in [7, 11) is 0. The monoisotopic (exact) mass is 281 g/mol. The molecule has 2 heterocycles. The van der Waals surface area contributed by atoms with E-state index in [2.05, 4.69) is 10.00 Å². The zero-order chi connectivity index (χ0) is 14.9. The topological polar surface area (TPSA) is 90.2 Å². The van der Waals surface area contributed by atoms with Crippen molar-refractivity contribution < 1.29 is 4.92 Å². The molecule has 0 radical (unpaired) electrons. The molecule has 0 aliphatic carbocycles. The van der Waals surface area contributed by atoms with Gasteiger partial charge in [0.05, 0.1) is 4.92 Å². The van der Waals surface area contributed by atoms with Crippen molar-refractivity contribution in [2.24, 2.45) is 11.7 Å². The second kappa shape index (κ2) is 5.78. The fourth-order valence-corrected chi connectivity index (χ4v) is 2.86. The first-order chi connectivity index (χ1) is 9.45. The van der Waals surface area contributed by atoms with Crippen LogP contribution in [0.1, 0.15) is 32.4 Å². The maximum atomic E-state index is 11.3. The Labute approximate surface area is 118 Å². The van der Waals surface area contributed by atoms with Crippen LogP contribution in [-0.4, -0.2) is 33.8 Å². The van der Waals surface area contributed by atoms with Crippen molar-refractivity contribution in [1.29, 1.82) is 0 Å². The minimum absolute atomic E-state index is 0.114. The molecule has 1 aromatic heterocycles. The Morgan fingerprint density at radius 3 is 2.80 bits per heavy atom. The minimum Gasteiger partial charge on any atom is -0.351 e. The molecule has 2 N–H and O–H groups in total. The van der Waals surface area contributed by atoms with Crippen LogP contribution in [0.25, 0.3) is 0 Å². The molecular weight excluding hydrogens is 258 g/mol. The minimum atomic E-state index is -0.316. The third-order valence-electron chi connectivity index (χ3n) is 3.96. The predicted octanol–water partition coefficient (Wildman–Crippen LogP) is 1.68. The first-order valence-electron chi connectivity index (χ1n) is 7.18. The number of hydrogen-bond acceptors (Lipinski definition) is 5. The SMILES string of the molecule is CCCn1nc(C)c([N+](=O)[O-])c1N1CCC(C(C)N)C1. The van der Waals surface area contributed by atoms with E-state index in [0.717, 1.165) is 25.9 Å². The molecule has 1 aromatic rings. The second-order valence-electron chi connectivity index (χ2n) is 5.59. The van der Waals surface area contributed by atoms with Crippen LogP contribution in [-0.2, 0) is 6.54 Å². The smallest absolute Gasteiger partial charge is 0.333 e. The van der Waals surface area contributed by atoms with Crippen LogP contribution >= 0.6 is 0 Å². The summed E-state index contributed by atoms with van der Waals surface area (Å²) in [5.74, 6) is 1.04. The van der Waals surface area contributed by atoms with Crippen molar-refractivity contribution in [3.63, 3.8) is 0 Å². The highest BCUT2D eigenvalue weighted by Gasteiger charge is 2.34. The molecule has 1 aliphatic heterocycles. The highest BCUT2D eigenvalue weighted by molar-refractivity contribution is 5.62. The maximum Gasteiger partial charge on any atom is 0.333 e. The van der Waals surface area contributed by atoms with Gasteiger partial charge in [0.15, 0.2) is 0 Å². The molecular formula is C13H23N5O2. The highest BCUT2D eigenvalue weighted by Crippen LogP contribution is 2.35. The van der Waals surface area contributed by atoms with Crippen LogP contribution in [0.3, 0.4) is 0 Å². The average molecular weight is 281 g/mol. The molecule has 0 aromatic carbocycles. The normalized spacial score (nSPS) is 20.4. The number of aromatic nitrogens is 2. The van der Waals surface area contributed by atoms with E-state index in [9.17, 15) is 10.1 Å². The van der Waals surface area contributed by atoms with Crippen molar-refractivity contribution in [3.8, 4) is 0 Å². The first-order valence-corrected chi connectivity index (χ1v) is 7.18. The molecule has 20 heavy (non-hydrogen) atoms. The van der Waals surface area contributed by atoms with E-state index in [1.165, 1.54) is 0 Å². The van der Waals surface area contributed by atoms with Crippen LogP contribution in [0.2, 0.25) is 0 Å². The molecule has 1 saturated heterocycles. The summed E-state index contributed by atoms with van der Waals surface area (Å²) < 4.78 is 1.77. The quantitative estimate of drug-likeness (QED) is 0.655. The lowest BCUT2D eigenvalue weighted by Gasteiger charge is -2.20. The van der Waals surface area contributed by atoms with Gasteiger partial charge in [0.2, 0.25) is 5.82 Å². The summed E-state index contributed by atoms with van der Waals surface area (Å²) in [6.07, 6.45) is 1.88. The molecule has 7 heteroatoms. The Balaban J connectivity index is 2.36. The number of nitro groups is 1. The van der Waals surface area contributed by atoms with Gasteiger partial charge in [0, 0.05) is 25.7 Å². The van der Waals surface area contributed by atoms with Crippen LogP contribution in [0, 0.1) is 23.0 Å². The lowest BCUT2D eigenvalue weighted by atomic mass is 10.0. The summed E-state index contributed by atoms with van der Waals surface area (Å²) in [4.78, 5) is 13.1. The second-order valence-corrected chi connectivity index (χ2v) is 5.59. The predicted molar refractivity (Wildman–Crippen MR) is 77.9 cm³/mol. The van der Waals surface area contributed by atoms with Gasteiger partial charge in [0.25, 0.3) is 0 Å². The maximum absolute atomic E-state index is 11.3. The molecule has 2 rings (SSSR count). The summed E-state index contributed by atoms with van der Waals surface area (Å²) >= 11 is 0. The van der Waals surface area contributed by atoms with E-state index >= 15 is 0 Å². The molecule has 1 aliphatic rings. The Morgan fingerprint density at radius 2 is 2.30 bits per heavy atom. The third kappa shape index (κ3) is 2.63. The number of nitrogens with two attached hydrogens (primary N) is 1. The summed E-state index contributed by atoms with van der Waals surface area (Å²) in [5.41, 5.74) is 6.59. The number of hydrogen-bond donors (Lipinski definition) is 1. The summed E-state index contributed by atoms with van der Waals surface area (Å²) in [6.45, 7) is 8.02. The van der Waals surface area contributed by atoms with Crippen molar-refractivity contribution in [2.45, 2.75) is 46.2 Å². The molecule has 0 saturated carbocycles. The van der Waals surface area contributed by atoms with Gasteiger partial charge in [-0.15, -0.1) is 0 Å². The lowest BCUT2D eigenvalue weighted by Crippen LogP contribution is -2.30. The van der Waals surface area contributed by atoms with E-state index in [1.807, 2.05) is 13.8 Å². The largest absolute Gasteiger partial charge is 0.351 e. The molecule has 2 unspecified atom stereocenters. The molecule has 0 amide bonds. The molecule has 0 bridgehead atoms. The van der Waals surface area contributed by atoms with Crippen LogP contribution in [0.5, 0.6) is 0 Å². The fraction of sp³-hybridized carbons (Fsp3) is 0.769. The number of anilines is 1. The number of rotatable bonds is 5. The fourth-order valence-electron chi connectivity index (χ4n) is 2.86. The van der Waals surface area contributed by atoms with Gasteiger partial charge in [-0.3, -0.25) is 10.1 Å². The zero-order valence-corrected chi connectivity index (χ0v) is 12.4. The van der Waals surface area contributed by atoms with Crippen LogP contribution in [0.4, 0.5) is 11.5 Å². The molecule has 1 fully saturated rings. The Kier molecular flexibility index (Phi) is 4.27. The van der Waals surface area contributed by atoms with Crippen LogP contribution in [0.15, 0.2) is 0 Å². The summed E-state index contributed by atoms with van der Waals surface area (Å²) in [5, 5.41) is 15.7. The standard InChI is InChI=1S/C13H23N5O2/c1-4-6-17-13(12(18(19)20)10(3)15-17)16-7-5-11(8-16)9(2)14/h9,11H,4-8,14H2,1-3H3. The van der Waals surface area contributed by atoms with Gasteiger partial charge < -0.3 is 10.6 Å². The van der Waals surface area contributed by atoms with E-state index in [1.54, 1.807) is 11.6 Å². The molecule has 2 atom stereocenters. The third-order valence-corrected chi connectivity index (χ3v) is 3.96. The number of aryl methyl sites for hydroxylation is 2. The Morgan fingerprint density at radius 1 is 1.60 bits per heavy atom. The van der Waals surface area contributed by atoms with Gasteiger partial charge >= 0.3 is 5.69 Å². The zero-order valence-electron chi connectivity index (χ0n) is 12.4.